The standard InChI is InChI=1S/C9H19NO2/c1-5-6-8(2)10(3)7-9(11)12-4/h8H,5-7H2,1-4H3. The Morgan fingerprint density at radius 3 is 2.58 bits per heavy atom. The van der Waals surface area contributed by atoms with Crippen LogP contribution in [-0.2, 0) is 9.53 Å². The van der Waals surface area contributed by atoms with Crippen molar-refractivity contribution in [1.29, 1.82) is 0 Å². The van der Waals surface area contributed by atoms with Crippen molar-refractivity contribution in [2.24, 2.45) is 0 Å². The predicted molar refractivity (Wildman–Crippen MR) is 49.0 cm³/mol. The van der Waals surface area contributed by atoms with Crippen LogP contribution in [0.1, 0.15) is 26.7 Å². The van der Waals surface area contributed by atoms with Crippen molar-refractivity contribution in [3.63, 3.8) is 0 Å². The normalized spacial score (nSPS) is 13.1. The zero-order valence-corrected chi connectivity index (χ0v) is 8.46. The minimum atomic E-state index is -0.166. The Morgan fingerprint density at radius 2 is 2.17 bits per heavy atom. The first-order valence-electron chi connectivity index (χ1n) is 4.38. The Bertz CT molecular complexity index is 136. The van der Waals surface area contributed by atoms with E-state index in [9.17, 15) is 4.79 Å². The summed E-state index contributed by atoms with van der Waals surface area (Å²) in [5.74, 6) is -0.166. The number of carbonyl (C=O) groups is 1. The van der Waals surface area contributed by atoms with E-state index in [1.165, 1.54) is 7.11 Å². The molecule has 0 amide bonds. The lowest BCUT2D eigenvalue weighted by atomic mass is 10.2. The number of methoxy groups -OCH3 is 1. The molecule has 0 aromatic rings. The van der Waals surface area contributed by atoms with E-state index >= 15 is 0 Å². The molecule has 0 aromatic heterocycles. The van der Waals surface area contributed by atoms with Crippen LogP contribution in [0, 0.1) is 0 Å². The highest BCUT2D eigenvalue weighted by Crippen LogP contribution is 2.03. The van der Waals surface area contributed by atoms with Gasteiger partial charge in [-0.05, 0) is 20.4 Å². The molecule has 12 heavy (non-hydrogen) atoms. The molecule has 0 rings (SSSR count). The Morgan fingerprint density at radius 1 is 1.58 bits per heavy atom. The Kier molecular flexibility index (Phi) is 5.72. The van der Waals surface area contributed by atoms with Crippen LogP contribution >= 0.6 is 0 Å². The van der Waals surface area contributed by atoms with Crippen LogP contribution < -0.4 is 0 Å². The van der Waals surface area contributed by atoms with Crippen molar-refractivity contribution in [3.8, 4) is 0 Å². The second-order valence-electron chi connectivity index (χ2n) is 3.13. The van der Waals surface area contributed by atoms with Gasteiger partial charge in [0.05, 0.1) is 13.7 Å². The second kappa shape index (κ2) is 6.00. The van der Waals surface area contributed by atoms with Crippen molar-refractivity contribution in [2.75, 3.05) is 20.7 Å². The van der Waals surface area contributed by atoms with E-state index in [1.54, 1.807) is 0 Å². The van der Waals surface area contributed by atoms with E-state index in [0.29, 0.717) is 12.6 Å². The van der Waals surface area contributed by atoms with E-state index in [1.807, 2.05) is 11.9 Å². The maximum Gasteiger partial charge on any atom is 0.319 e. The number of hydrogen-bond donors (Lipinski definition) is 0. The third-order valence-corrected chi connectivity index (χ3v) is 2.07. The molecule has 1 unspecified atom stereocenters. The maximum atomic E-state index is 10.9. The zero-order chi connectivity index (χ0) is 9.56. The van der Waals surface area contributed by atoms with Gasteiger partial charge in [0.15, 0.2) is 0 Å². The lowest BCUT2D eigenvalue weighted by molar-refractivity contribution is -0.142. The molecule has 0 aliphatic carbocycles. The number of esters is 1. The van der Waals surface area contributed by atoms with Gasteiger partial charge in [-0.15, -0.1) is 0 Å². The first kappa shape index (κ1) is 11.4. The molecule has 0 spiro atoms. The minimum absolute atomic E-state index is 0.166. The molecule has 0 saturated carbocycles. The molecular weight excluding hydrogens is 154 g/mol. The van der Waals surface area contributed by atoms with Crippen molar-refractivity contribution in [3.05, 3.63) is 0 Å². The van der Waals surface area contributed by atoms with Crippen molar-refractivity contribution < 1.29 is 9.53 Å². The number of nitrogens with zero attached hydrogens (tertiary/aromatic N) is 1. The molecule has 0 aliphatic rings. The number of ether oxygens (including phenoxy) is 1. The SMILES string of the molecule is CCCC(C)N(C)CC(=O)OC. The predicted octanol–water partition coefficient (Wildman–Crippen LogP) is 1.28. The lowest BCUT2D eigenvalue weighted by Crippen LogP contribution is -2.34. The molecule has 0 aromatic carbocycles. The second-order valence-corrected chi connectivity index (χ2v) is 3.13. The third-order valence-electron chi connectivity index (χ3n) is 2.07. The largest absolute Gasteiger partial charge is 0.468 e. The fourth-order valence-corrected chi connectivity index (χ4v) is 1.06. The van der Waals surface area contributed by atoms with Crippen LogP contribution in [0.3, 0.4) is 0 Å². The first-order valence-corrected chi connectivity index (χ1v) is 4.38. The van der Waals surface area contributed by atoms with Crippen molar-refractivity contribution >= 4 is 5.97 Å². The van der Waals surface area contributed by atoms with Gasteiger partial charge in [-0.3, -0.25) is 9.69 Å². The third kappa shape index (κ3) is 4.34. The van der Waals surface area contributed by atoms with E-state index in [-0.39, 0.29) is 5.97 Å². The molecule has 0 fully saturated rings. The molecule has 0 heterocycles. The first-order chi connectivity index (χ1) is 5.61. The van der Waals surface area contributed by atoms with Crippen molar-refractivity contribution in [1.82, 2.24) is 4.90 Å². The molecule has 0 radical (unpaired) electrons. The highest BCUT2D eigenvalue weighted by molar-refractivity contribution is 5.71. The topological polar surface area (TPSA) is 29.5 Å². The van der Waals surface area contributed by atoms with E-state index in [2.05, 4.69) is 18.6 Å². The fraction of sp³-hybridized carbons (Fsp3) is 0.889. The van der Waals surface area contributed by atoms with E-state index < -0.39 is 0 Å². The molecule has 0 aliphatic heterocycles. The summed E-state index contributed by atoms with van der Waals surface area (Å²) in [6, 6.07) is 0.453. The summed E-state index contributed by atoms with van der Waals surface area (Å²) in [5, 5.41) is 0. The van der Waals surface area contributed by atoms with Gasteiger partial charge in [0.25, 0.3) is 0 Å². The van der Waals surface area contributed by atoms with Gasteiger partial charge in [0.2, 0.25) is 0 Å². The minimum Gasteiger partial charge on any atom is -0.468 e. The van der Waals surface area contributed by atoms with Gasteiger partial charge in [0.1, 0.15) is 0 Å². The highest BCUT2D eigenvalue weighted by atomic mass is 16.5. The quantitative estimate of drug-likeness (QED) is 0.586. The average Bonchev–Trinajstić information content (AvgIpc) is 2.04. The Balaban J connectivity index is 3.69. The van der Waals surface area contributed by atoms with E-state index in [4.69, 9.17) is 0 Å². The summed E-state index contributed by atoms with van der Waals surface area (Å²) in [4.78, 5) is 12.9. The smallest absolute Gasteiger partial charge is 0.319 e. The van der Waals surface area contributed by atoms with Crippen LogP contribution in [0.15, 0.2) is 0 Å². The zero-order valence-electron chi connectivity index (χ0n) is 8.46. The molecular formula is C9H19NO2. The fourth-order valence-electron chi connectivity index (χ4n) is 1.06. The van der Waals surface area contributed by atoms with Crippen LogP contribution in [0.25, 0.3) is 0 Å². The van der Waals surface area contributed by atoms with Crippen molar-refractivity contribution in [2.45, 2.75) is 32.7 Å². The number of carbonyl (C=O) groups excluding carboxylic acids is 1. The van der Waals surface area contributed by atoms with E-state index in [0.717, 1.165) is 12.8 Å². The Labute approximate surface area is 74.7 Å². The monoisotopic (exact) mass is 173 g/mol. The number of likely N-dealkylation sites (N-methyl/N-ethyl adjacent to an activating group) is 1. The maximum absolute atomic E-state index is 10.9. The molecule has 3 heteroatoms. The summed E-state index contributed by atoms with van der Waals surface area (Å²) in [7, 11) is 3.36. The number of rotatable bonds is 5. The van der Waals surface area contributed by atoms with Gasteiger partial charge >= 0.3 is 5.97 Å². The summed E-state index contributed by atoms with van der Waals surface area (Å²) in [6.45, 7) is 4.65. The highest BCUT2D eigenvalue weighted by Gasteiger charge is 2.11. The van der Waals surface area contributed by atoms with Gasteiger partial charge < -0.3 is 4.74 Å². The van der Waals surface area contributed by atoms with Gasteiger partial charge in [-0.1, -0.05) is 13.3 Å². The molecule has 0 saturated heterocycles. The molecule has 3 nitrogen and oxygen atoms in total. The molecule has 0 N–H and O–H groups in total. The number of hydrogen-bond acceptors (Lipinski definition) is 3. The van der Waals surface area contributed by atoms with Gasteiger partial charge in [-0.2, -0.15) is 0 Å². The van der Waals surface area contributed by atoms with Crippen LogP contribution in [0.4, 0.5) is 0 Å². The van der Waals surface area contributed by atoms with Crippen LogP contribution in [0.5, 0.6) is 0 Å². The summed E-state index contributed by atoms with van der Waals surface area (Å²) >= 11 is 0. The summed E-state index contributed by atoms with van der Waals surface area (Å²) in [5.41, 5.74) is 0. The van der Waals surface area contributed by atoms with Gasteiger partial charge in [-0.25, -0.2) is 0 Å². The summed E-state index contributed by atoms with van der Waals surface area (Å²) in [6.07, 6.45) is 2.26. The van der Waals surface area contributed by atoms with Crippen LogP contribution in [0.2, 0.25) is 0 Å². The average molecular weight is 173 g/mol. The Hall–Kier alpha value is -0.570. The molecule has 72 valence electrons. The van der Waals surface area contributed by atoms with Crippen LogP contribution in [-0.4, -0.2) is 37.6 Å². The van der Waals surface area contributed by atoms with Gasteiger partial charge in [0, 0.05) is 6.04 Å². The molecule has 0 bridgehead atoms. The molecule has 1 atom stereocenters. The lowest BCUT2D eigenvalue weighted by Gasteiger charge is -2.22. The summed E-state index contributed by atoms with van der Waals surface area (Å²) < 4.78 is 4.57.